The molecule has 21 heavy (non-hydrogen) atoms. The van der Waals surface area contributed by atoms with Gasteiger partial charge >= 0.3 is 0 Å². The Balaban J connectivity index is 2.72. The number of hydrogen-bond acceptors (Lipinski definition) is 5. The van der Waals surface area contributed by atoms with E-state index >= 15 is 0 Å². The molecule has 0 spiro atoms. The molecule has 0 radical (unpaired) electrons. The quantitative estimate of drug-likeness (QED) is 0.667. The minimum absolute atomic E-state index is 0.0405. The van der Waals surface area contributed by atoms with E-state index in [2.05, 4.69) is 5.32 Å². The predicted molar refractivity (Wildman–Crippen MR) is 81.1 cm³/mol. The number of rotatable bonds is 9. The summed E-state index contributed by atoms with van der Waals surface area (Å²) >= 11 is 0. The monoisotopic (exact) mass is 296 g/mol. The van der Waals surface area contributed by atoms with Crippen molar-refractivity contribution in [3.63, 3.8) is 0 Å². The molecule has 0 aliphatic heterocycles. The molecule has 0 atom stereocenters. The van der Waals surface area contributed by atoms with Crippen LogP contribution in [0.2, 0.25) is 0 Å². The molecule has 1 aromatic rings. The van der Waals surface area contributed by atoms with E-state index in [4.69, 9.17) is 19.9 Å². The molecule has 3 N–H and O–H groups in total. The van der Waals surface area contributed by atoms with E-state index in [-0.39, 0.29) is 12.3 Å². The summed E-state index contributed by atoms with van der Waals surface area (Å²) in [5.41, 5.74) is 6.21. The SMILES string of the molecule is COc1cc(CC(=O)NCCCCN)cc(OC)c1OC. The van der Waals surface area contributed by atoms with Gasteiger partial charge < -0.3 is 25.3 Å². The summed E-state index contributed by atoms with van der Waals surface area (Å²) in [6, 6.07) is 3.56. The molecule has 0 saturated heterocycles. The molecule has 0 fully saturated rings. The highest BCUT2D eigenvalue weighted by Gasteiger charge is 2.14. The Bertz CT molecular complexity index is 438. The zero-order valence-electron chi connectivity index (χ0n) is 12.9. The minimum atomic E-state index is -0.0405. The second kappa shape index (κ2) is 9.07. The number of ether oxygens (including phenoxy) is 3. The van der Waals surface area contributed by atoms with Gasteiger partial charge in [-0.25, -0.2) is 0 Å². The lowest BCUT2D eigenvalue weighted by molar-refractivity contribution is -0.120. The average Bonchev–Trinajstić information content (AvgIpc) is 2.50. The smallest absolute Gasteiger partial charge is 0.224 e. The standard InChI is InChI=1S/C15H24N2O4/c1-19-12-8-11(9-13(20-2)15(12)21-3)10-14(18)17-7-5-4-6-16/h8-9H,4-7,10,16H2,1-3H3,(H,17,18). The molecule has 0 aliphatic rings. The van der Waals surface area contributed by atoms with Crippen molar-refractivity contribution in [1.82, 2.24) is 5.32 Å². The average molecular weight is 296 g/mol. The number of methoxy groups -OCH3 is 3. The number of carbonyl (C=O) groups is 1. The Hall–Kier alpha value is -1.95. The normalized spacial score (nSPS) is 10.1. The van der Waals surface area contributed by atoms with Crippen LogP contribution in [-0.2, 0) is 11.2 Å². The van der Waals surface area contributed by atoms with E-state index in [1.165, 1.54) is 0 Å². The number of nitrogens with one attached hydrogen (secondary N) is 1. The maximum Gasteiger partial charge on any atom is 0.224 e. The van der Waals surface area contributed by atoms with E-state index in [0.717, 1.165) is 18.4 Å². The molecule has 0 bridgehead atoms. The fourth-order valence-corrected chi connectivity index (χ4v) is 1.98. The molecule has 6 nitrogen and oxygen atoms in total. The molecule has 118 valence electrons. The molecule has 6 heteroatoms. The maximum absolute atomic E-state index is 11.9. The van der Waals surface area contributed by atoms with Gasteiger partial charge in [-0.2, -0.15) is 0 Å². The Morgan fingerprint density at radius 2 is 1.71 bits per heavy atom. The lowest BCUT2D eigenvalue weighted by atomic mass is 10.1. The first-order chi connectivity index (χ1) is 10.2. The van der Waals surface area contributed by atoms with Crippen LogP contribution in [0.4, 0.5) is 0 Å². The third-order valence-electron chi connectivity index (χ3n) is 3.04. The van der Waals surface area contributed by atoms with Crippen LogP contribution in [0.15, 0.2) is 12.1 Å². The highest BCUT2D eigenvalue weighted by molar-refractivity contribution is 5.79. The minimum Gasteiger partial charge on any atom is -0.493 e. The summed E-state index contributed by atoms with van der Waals surface area (Å²) in [5.74, 6) is 1.57. The van der Waals surface area contributed by atoms with Crippen molar-refractivity contribution in [2.24, 2.45) is 5.73 Å². The molecule has 0 saturated carbocycles. The third-order valence-corrected chi connectivity index (χ3v) is 3.04. The second-order valence-electron chi connectivity index (χ2n) is 4.56. The molecule has 0 aliphatic carbocycles. The Morgan fingerprint density at radius 3 is 2.19 bits per heavy atom. The van der Waals surface area contributed by atoms with E-state index in [9.17, 15) is 4.79 Å². The van der Waals surface area contributed by atoms with Crippen molar-refractivity contribution in [2.75, 3.05) is 34.4 Å². The highest BCUT2D eigenvalue weighted by Crippen LogP contribution is 2.38. The Kier molecular flexibility index (Phi) is 7.39. The van der Waals surface area contributed by atoms with Gasteiger partial charge in [0, 0.05) is 6.54 Å². The van der Waals surface area contributed by atoms with Gasteiger partial charge in [0.25, 0.3) is 0 Å². The lowest BCUT2D eigenvalue weighted by Gasteiger charge is -2.14. The molecule has 0 unspecified atom stereocenters. The Labute approximate surface area is 125 Å². The zero-order valence-corrected chi connectivity index (χ0v) is 12.9. The van der Waals surface area contributed by atoms with E-state index in [1.54, 1.807) is 33.5 Å². The van der Waals surface area contributed by atoms with Crippen molar-refractivity contribution in [1.29, 1.82) is 0 Å². The molecule has 1 amide bonds. The van der Waals surface area contributed by atoms with Crippen LogP contribution >= 0.6 is 0 Å². The van der Waals surface area contributed by atoms with Crippen LogP contribution in [0, 0.1) is 0 Å². The zero-order chi connectivity index (χ0) is 15.7. The third kappa shape index (κ3) is 5.15. The summed E-state index contributed by atoms with van der Waals surface area (Å²) < 4.78 is 15.8. The molecule has 1 rings (SSSR count). The van der Waals surface area contributed by atoms with Crippen LogP contribution in [0.25, 0.3) is 0 Å². The van der Waals surface area contributed by atoms with Gasteiger partial charge in [-0.15, -0.1) is 0 Å². The summed E-state index contributed by atoms with van der Waals surface area (Å²) in [7, 11) is 4.64. The van der Waals surface area contributed by atoms with Crippen LogP contribution in [0.3, 0.4) is 0 Å². The predicted octanol–water partition coefficient (Wildman–Crippen LogP) is 1.11. The largest absolute Gasteiger partial charge is 0.493 e. The summed E-state index contributed by atoms with van der Waals surface area (Å²) in [5, 5.41) is 2.86. The van der Waals surface area contributed by atoms with Crippen LogP contribution < -0.4 is 25.3 Å². The molecule has 1 aromatic carbocycles. The van der Waals surface area contributed by atoms with Crippen molar-refractivity contribution < 1.29 is 19.0 Å². The van der Waals surface area contributed by atoms with Crippen molar-refractivity contribution in [3.05, 3.63) is 17.7 Å². The molecule has 0 aromatic heterocycles. The molecular formula is C15H24N2O4. The second-order valence-corrected chi connectivity index (χ2v) is 4.56. The van der Waals surface area contributed by atoms with Gasteiger partial charge in [0.2, 0.25) is 11.7 Å². The van der Waals surface area contributed by atoms with Crippen molar-refractivity contribution in [2.45, 2.75) is 19.3 Å². The molecule has 0 heterocycles. The summed E-state index contributed by atoms with van der Waals surface area (Å²) in [6.45, 7) is 1.28. The number of carbonyl (C=O) groups excluding carboxylic acids is 1. The van der Waals surface area contributed by atoms with Crippen LogP contribution in [0.1, 0.15) is 18.4 Å². The van der Waals surface area contributed by atoms with Crippen molar-refractivity contribution >= 4 is 5.91 Å². The number of nitrogens with two attached hydrogens (primary N) is 1. The highest BCUT2D eigenvalue weighted by atomic mass is 16.5. The Morgan fingerprint density at radius 1 is 1.10 bits per heavy atom. The van der Waals surface area contributed by atoms with E-state index in [0.29, 0.717) is 30.3 Å². The topological polar surface area (TPSA) is 82.8 Å². The van der Waals surface area contributed by atoms with E-state index < -0.39 is 0 Å². The fourth-order valence-electron chi connectivity index (χ4n) is 1.98. The van der Waals surface area contributed by atoms with E-state index in [1.807, 2.05) is 0 Å². The van der Waals surface area contributed by atoms with Crippen LogP contribution in [-0.4, -0.2) is 40.3 Å². The lowest BCUT2D eigenvalue weighted by Crippen LogP contribution is -2.26. The van der Waals surface area contributed by atoms with Gasteiger partial charge in [-0.05, 0) is 37.1 Å². The first-order valence-electron chi connectivity index (χ1n) is 6.91. The van der Waals surface area contributed by atoms with Crippen molar-refractivity contribution in [3.8, 4) is 17.2 Å². The van der Waals surface area contributed by atoms with Gasteiger partial charge in [0.1, 0.15) is 0 Å². The number of unbranched alkanes of at least 4 members (excludes halogenated alkanes) is 1. The van der Waals surface area contributed by atoms with Gasteiger partial charge in [-0.1, -0.05) is 0 Å². The van der Waals surface area contributed by atoms with Crippen LogP contribution in [0.5, 0.6) is 17.2 Å². The maximum atomic E-state index is 11.9. The molecular weight excluding hydrogens is 272 g/mol. The first-order valence-corrected chi connectivity index (χ1v) is 6.91. The number of benzene rings is 1. The summed E-state index contributed by atoms with van der Waals surface area (Å²) in [4.78, 5) is 11.9. The van der Waals surface area contributed by atoms with Gasteiger partial charge in [0.15, 0.2) is 11.5 Å². The summed E-state index contributed by atoms with van der Waals surface area (Å²) in [6.07, 6.45) is 2.06. The van der Waals surface area contributed by atoms with Gasteiger partial charge in [0.05, 0.1) is 27.8 Å². The number of hydrogen-bond donors (Lipinski definition) is 2. The number of amides is 1. The fraction of sp³-hybridized carbons (Fsp3) is 0.533. The van der Waals surface area contributed by atoms with Gasteiger partial charge in [-0.3, -0.25) is 4.79 Å². The first kappa shape index (κ1) is 17.1.